The average Bonchev–Trinajstić information content (AvgIpc) is 3.42. The summed E-state index contributed by atoms with van der Waals surface area (Å²) in [5, 5.41) is 6.91. The number of alkyl halides is 3. The van der Waals surface area contributed by atoms with Crippen LogP contribution in [0.5, 0.6) is 0 Å². The number of hydrogen-bond acceptors (Lipinski definition) is 6. The van der Waals surface area contributed by atoms with Gasteiger partial charge in [-0.2, -0.15) is 13.2 Å². The van der Waals surface area contributed by atoms with E-state index in [0.717, 1.165) is 48.7 Å². The molecule has 11 heteroatoms. The van der Waals surface area contributed by atoms with Crippen LogP contribution in [0.4, 0.5) is 13.2 Å². The van der Waals surface area contributed by atoms with Crippen molar-refractivity contribution in [2.45, 2.75) is 53.8 Å². The quantitative estimate of drug-likeness (QED) is 0.134. The van der Waals surface area contributed by atoms with Gasteiger partial charge in [-0.3, -0.25) is 4.98 Å². The third-order valence-corrected chi connectivity index (χ3v) is 5.59. The Kier molecular flexibility index (Phi) is 27.5. The molecule has 1 unspecified atom stereocenters. The molecule has 0 aliphatic carbocycles. The maximum Gasteiger partial charge on any atom is 0.417 e. The van der Waals surface area contributed by atoms with Gasteiger partial charge >= 0.3 is 6.18 Å². The molecule has 0 bridgehead atoms. The first-order valence-electron chi connectivity index (χ1n) is 12.3. The second kappa shape index (κ2) is 24.9. The number of halogens is 3. The average molecular weight is 607 g/mol. The van der Waals surface area contributed by atoms with Gasteiger partial charge in [0.05, 0.1) is 11.3 Å². The van der Waals surface area contributed by atoms with Crippen molar-refractivity contribution < 1.29 is 29.7 Å². The van der Waals surface area contributed by atoms with Crippen LogP contribution in [-0.2, 0) is 10.4 Å². The molecule has 1 saturated heterocycles. The van der Waals surface area contributed by atoms with Gasteiger partial charge in [-0.1, -0.05) is 66.2 Å². The number of allylic oxidation sites excluding steroid dienone is 7. The summed E-state index contributed by atoms with van der Waals surface area (Å²) in [5.74, 6) is 0. The van der Waals surface area contributed by atoms with Crippen LogP contribution in [0.2, 0.25) is 0 Å². The van der Waals surface area contributed by atoms with E-state index in [-0.39, 0.29) is 27.2 Å². The van der Waals surface area contributed by atoms with E-state index in [2.05, 4.69) is 50.8 Å². The van der Waals surface area contributed by atoms with E-state index < -0.39 is 11.7 Å². The van der Waals surface area contributed by atoms with Crippen molar-refractivity contribution in [1.29, 1.82) is 0 Å². The summed E-state index contributed by atoms with van der Waals surface area (Å²) in [6, 6.07) is 3.05. The molecule has 41 heavy (non-hydrogen) atoms. The van der Waals surface area contributed by atoms with Crippen LogP contribution in [0.3, 0.4) is 0 Å². The zero-order valence-corrected chi connectivity index (χ0v) is 23.8. The Morgan fingerprint density at radius 1 is 1.27 bits per heavy atom. The van der Waals surface area contributed by atoms with Gasteiger partial charge in [0.2, 0.25) is 0 Å². The minimum Gasteiger partial charge on any atom is -0.437 e. The molecular formula is C30H53F3N4O3S. The van der Waals surface area contributed by atoms with Gasteiger partial charge in [-0.15, -0.1) is 0 Å². The largest absolute Gasteiger partial charge is 0.437 e. The Hall–Kier alpha value is -2.83. The number of nitrogens with one attached hydrogen (secondary N) is 2. The van der Waals surface area contributed by atoms with E-state index in [4.69, 9.17) is 0 Å². The molecule has 1 fully saturated rings. The number of nitrogens with zero attached hydrogens (tertiary/aromatic N) is 2. The minimum atomic E-state index is -4.36. The Balaban J connectivity index is -0.000000234. The van der Waals surface area contributed by atoms with Crippen molar-refractivity contribution in [3.05, 3.63) is 96.7 Å². The van der Waals surface area contributed by atoms with Gasteiger partial charge in [0.1, 0.15) is 6.26 Å². The molecule has 0 amide bonds. The third-order valence-electron chi connectivity index (χ3n) is 5.47. The van der Waals surface area contributed by atoms with Crippen LogP contribution in [0.15, 0.2) is 85.5 Å². The topological polar surface area (TPSA) is 112 Å². The summed E-state index contributed by atoms with van der Waals surface area (Å²) in [7, 11) is 2.01. The van der Waals surface area contributed by atoms with Crippen LogP contribution >= 0.6 is 12.9 Å². The summed E-state index contributed by atoms with van der Waals surface area (Å²) in [6.07, 6.45) is 11.4. The Morgan fingerprint density at radius 2 is 1.95 bits per heavy atom. The molecule has 2 aliphatic heterocycles. The molecule has 238 valence electrons. The third kappa shape index (κ3) is 17.6. The second-order valence-corrected chi connectivity index (χ2v) is 8.31. The highest BCUT2D eigenvalue weighted by atomic mass is 32.1. The van der Waals surface area contributed by atoms with E-state index in [1.165, 1.54) is 25.2 Å². The molecule has 0 saturated carbocycles. The second-order valence-electron chi connectivity index (χ2n) is 8.10. The summed E-state index contributed by atoms with van der Waals surface area (Å²) in [6.45, 7) is 14.7. The molecule has 1 aromatic heterocycles. The predicted molar refractivity (Wildman–Crippen MR) is 174 cm³/mol. The lowest BCUT2D eigenvalue weighted by Gasteiger charge is -2.26. The highest BCUT2D eigenvalue weighted by Gasteiger charge is 2.30. The fourth-order valence-corrected chi connectivity index (χ4v) is 3.50. The number of pyridine rings is 1. The van der Waals surface area contributed by atoms with E-state index in [0.29, 0.717) is 18.3 Å². The van der Waals surface area contributed by atoms with E-state index in [1.54, 1.807) is 18.2 Å². The molecule has 1 aromatic rings. The van der Waals surface area contributed by atoms with Crippen molar-refractivity contribution in [2.75, 3.05) is 33.2 Å². The fourth-order valence-electron chi connectivity index (χ4n) is 3.43. The van der Waals surface area contributed by atoms with Gasteiger partial charge in [0.25, 0.3) is 0 Å². The van der Waals surface area contributed by atoms with Crippen LogP contribution < -0.4 is 10.6 Å². The standard InChI is InChI=1S/C18H23F3N4.C8H10OS.C2H6.2CH4.2H2O.H2/c1-25-8-6-13(17-5-4-14(10-24-17)18(19,20)21)9-16(25)12-22-11-15-3-2-7-23-15;1-3-8(2)6-4-5-7-9-10;1-2;;;;;/h4-6,9-10,15,22-23H,2-3,7-8,11-12H2,1H3;3-7,10H,1-2H2;1-2H3;2*1H4;2*1H2;1H/b;6-4-,7-5-;;;;;;. The highest BCUT2D eigenvalue weighted by molar-refractivity contribution is 7.75. The first kappa shape index (κ1) is 45.2. The van der Waals surface area contributed by atoms with Crippen molar-refractivity contribution >= 4 is 18.5 Å². The van der Waals surface area contributed by atoms with Gasteiger partial charge in [0, 0.05) is 59.0 Å². The molecule has 2 aliphatic rings. The van der Waals surface area contributed by atoms with Crippen LogP contribution in [0.1, 0.15) is 54.2 Å². The maximum atomic E-state index is 12.7. The van der Waals surface area contributed by atoms with Crippen LogP contribution in [0.25, 0.3) is 5.57 Å². The Bertz CT molecular complexity index is 964. The molecule has 0 spiro atoms. The summed E-state index contributed by atoms with van der Waals surface area (Å²) < 4.78 is 42.3. The van der Waals surface area contributed by atoms with Crippen LogP contribution in [-0.4, -0.2) is 60.1 Å². The summed E-state index contributed by atoms with van der Waals surface area (Å²) in [4.78, 5) is 6.12. The van der Waals surface area contributed by atoms with E-state index in [1.807, 2.05) is 39.1 Å². The SMILES string of the molecule is C.C.C=CC(=C)/C=C\C=C/OS.CC.CN1CC=C(c2ccc(C(F)(F)F)cn2)C=C1CNCC1CCCN1.O.O.[HH]. The van der Waals surface area contributed by atoms with Gasteiger partial charge < -0.3 is 30.7 Å². The molecule has 1 atom stereocenters. The summed E-state index contributed by atoms with van der Waals surface area (Å²) >= 11 is 3.50. The van der Waals surface area contributed by atoms with Crippen molar-refractivity contribution in [1.82, 2.24) is 20.5 Å². The zero-order valence-electron chi connectivity index (χ0n) is 22.9. The molecule has 0 aromatic carbocycles. The highest BCUT2D eigenvalue weighted by Crippen LogP contribution is 2.29. The van der Waals surface area contributed by atoms with E-state index >= 15 is 0 Å². The van der Waals surface area contributed by atoms with Gasteiger partial charge in [-0.25, -0.2) is 0 Å². The molecular weight excluding hydrogens is 553 g/mol. The van der Waals surface area contributed by atoms with Gasteiger partial charge in [0.15, 0.2) is 0 Å². The lowest BCUT2D eigenvalue weighted by atomic mass is 10.1. The van der Waals surface area contributed by atoms with Crippen molar-refractivity contribution in [2.24, 2.45) is 0 Å². The maximum absolute atomic E-state index is 12.7. The molecule has 3 heterocycles. The minimum absolute atomic E-state index is 0. The number of thiol groups is 1. The lowest BCUT2D eigenvalue weighted by Crippen LogP contribution is -2.37. The predicted octanol–water partition coefficient (Wildman–Crippen LogP) is 6.21. The number of aromatic nitrogens is 1. The fraction of sp³-hybridized carbons (Fsp3) is 0.433. The van der Waals surface area contributed by atoms with Crippen LogP contribution in [0, 0.1) is 0 Å². The number of hydrogen-bond donors (Lipinski definition) is 3. The van der Waals surface area contributed by atoms with E-state index in [9.17, 15) is 13.2 Å². The normalized spacial score (nSPS) is 15.7. The number of likely N-dealkylation sites (N-methyl/N-ethyl adjacent to an activating group) is 1. The smallest absolute Gasteiger partial charge is 0.417 e. The molecule has 7 nitrogen and oxygen atoms in total. The summed E-state index contributed by atoms with van der Waals surface area (Å²) in [5.41, 5.74) is 2.68. The van der Waals surface area contributed by atoms with Crippen molar-refractivity contribution in [3.63, 3.8) is 0 Å². The number of rotatable bonds is 9. The lowest BCUT2D eigenvalue weighted by molar-refractivity contribution is -0.137. The Labute approximate surface area is 252 Å². The first-order valence-corrected chi connectivity index (χ1v) is 12.7. The molecule has 0 radical (unpaired) electrons. The Morgan fingerprint density at radius 3 is 2.46 bits per heavy atom. The zero-order chi connectivity index (χ0) is 27.7. The monoisotopic (exact) mass is 606 g/mol. The van der Waals surface area contributed by atoms with Gasteiger partial charge in [-0.05, 0) is 54.8 Å². The molecule has 3 rings (SSSR count). The first-order chi connectivity index (χ1) is 17.7. The van der Waals surface area contributed by atoms with Crippen molar-refractivity contribution in [3.8, 4) is 0 Å². The molecule has 6 N–H and O–H groups in total.